The Morgan fingerprint density at radius 3 is 1.06 bits per heavy atom. The zero-order valence-corrected chi connectivity index (χ0v) is 47.2. The molecule has 0 unspecified atom stereocenters. The summed E-state index contributed by atoms with van der Waals surface area (Å²) in [6.45, 7) is 0. The van der Waals surface area contributed by atoms with Gasteiger partial charge in [0.05, 0.1) is 22.7 Å². The summed E-state index contributed by atoms with van der Waals surface area (Å²) >= 11 is 0. The summed E-state index contributed by atoms with van der Waals surface area (Å²) in [6, 6.07) is 104. The molecule has 0 amide bonds. The molecule has 6 nitrogen and oxygen atoms in total. The first-order valence-electron chi connectivity index (χ1n) is 29.9. The third kappa shape index (κ3) is 7.36. The molecule has 0 fully saturated rings. The van der Waals surface area contributed by atoms with E-state index in [1.807, 2.05) is 12.1 Å². The van der Waals surface area contributed by atoms with Crippen molar-refractivity contribution in [2.75, 3.05) is 9.80 Å². The minimum atomic E-state index is 0.769. The second-order valence-corrected chi connectivity index (χ2v) is 23.1. The second-order valence-electron chi connectivity index (χ2n) is 23.1. The van der Waals surface area contributed by atoms with Gasteiger partial charge >= 0.3 is 0 Å². The highest BCUT2D eigenvalue weighted by Gasteiger charge is 2.27. The van der Waals surface area contributed by atoms with Crippen LogP contribution in [0.3, 0.4) is 0 Å². The quantitative estimate of drug-likeness (QED) is 0.151. The fourth-order valence-corrected chi connectivity index (χ4v) is 14.1. The van der Waals surface area contributed by atoms with E-state index in [9.17, 15) is 0 Å². The molecular formula is C82H48N2O4. The average molecular weight is 1130 g/mol. The van der Waals surface area contributed by atoms with E-state index < -0.39 is 0 Å². The first-order valence-corrected chi connectivity index (χ1v) is 29.9. The van der Waals surface area contributed by atoms with Gasteiger partial charge in [0.15, 0.2) is 11.2 Å². The molecule has 4 heterocycles. The van der Waals surface area contributed by atoms with Gasteiger partial charge in [-0.05, 0) is 145 Å². The molecule has 0 bridgehead atoms. The molecule has 19 aromatic rings. The molecule has 15 aromatic carbocycles. The van der Waals surface area contributed by atoms with Gasteiger partial charge in [-0.15, -0.1) is 0 Å². The highest BCUT2D eigenvalue weighted by molar-refractivity contribution is 6.20. The normalized spacial score (nSPS) is 12.1. The molecule has 4 aromatic heterocycles. The van der Waals surface area contributed by atoms with Crippen LogP contribution in [-0.2, 0) is 0 Å². The maximum Gasteiger partial charge on any atom is 0.159 e. The molecule has 88 heavy (non-hydrogen) atoms. The standard InChI is InChI=1S/C82H48N2O4/c1-3-19-51(20-4-1)79-59-23-9-7-17-49(59)35-39-69(79)83(71-29-15-27-63-61-25-11-13-31-73(61)87-81(63)71)57-37-33-53-43-65-67-47-68-66-44-54-34-38-58(42-56(54)46-76(66)86-78(68)48-77(67)85-75(65)45-55(53)41-57)84(72-30-16-28-64-62-26-12-14-32-74(62)88-82(64)72)70-40-36-50-18-8-10-24-60(50)80(70)52-21-5-2-6-22-52/h1-48H. The van der Waals surface area contributed by atoms with E-state index in [1.165, 1.54) is 21.5 Å². The lowest BCUT2D eigenvalue weighted by Crippen LogP contribution is -2.12. The molecule has 0 N–H and O–H groups in total. The van der Waals surface area contributed by atoms with Crippen LogP contribution in [0.1, 0.15) is 0 Å². The zero-order chi connectivity index (χ0) is 57.6. The Hall–Kier alpha value is -11.9. The predicted molar refractivity (Wildman–Crippen MR) is 366 cm³/mol. The average Bonchev–Trinajstić information content (AvgIpc) is 1.53. The van der Waals surface area contributed by atoms with Crippen LogP contribution in [0.4, 0.5) is 34.1 Å². The van der Waals surface area contributed by atoms with E-state index in [4.69, 9.17) is 17.7 Å². The van der Waals surface area contributed by atoms with E-state index in [2.05, 4.69) is 289 Å². The lowest BCUT2D eigenvalue weighted by atomic mass is 9.94. The maximum atomic E-state index is 6.87. The van der Waals surface area contributed by atoms with Crippen LogP contribution >= 0.6 is 0 Å². The fourth-order valence-electron chi connectivity index (χ4n) is 14.1. The van der Waals surface area contributed by atoms with Gasteiger partial charge < -0.3 is 27.5 Å². The molecule has 0 saturated heterocycles. The highest BCUT2D eigenvalue weighted by atomic mass is 16.3. The molecule has 0 aliphatic carbocycles. The molecule has 0 aliphatic rings. The van der Waals surface area contributed by atoms with Crippen LogP contribution in [0.25, 0.3) is 153 Å². The summed E-state index contributed by atoms with van der Waals surface area (Å²) < 4.78 is 27.4. The Balaban J connectivity index is 0.753. The minimum absolute atomic E-state index is 0.769. The molecule has 410 valence electrons. The topological polar surface area (TPSA) is 59.0 Å². The van der Waals surface area contributed by atoms with Crippen LogP contribution in [0, 0.1) is 0 Å². The number of para-hydroxylation sites is 4. The van der Waals surface area contributed by atoms with Crippen LogP contribution in [0.15, 0.2) is 309 Å². The summed E-state index contributed by atoms with van der Waals surface area (Å²) in [5, 5.41) is 17.5. The first kappa shape index (κ1) is 48.5. The van der Waals surface area contributed by atoms with Crippen molar-refractivity contribution in [2.24, 2.45) is 0 Å². The van der Waals surface area contributed by atoms with Gasteiger partial charge in [0, 0.05) is 71.7 Å². The number of fused-ring (bicyclic) bond motifs is 16. The summed E-state index contributed by atoms with van der Waals surface area (Å²) in [4.78, 5) is 4.74. The molecule has 0 spiro atoms. The summed E-state index contributed by atoms with van der Waals surface area (Å²) in [6.07, 6.45) is 0. The zero-order valence-electron chi connectivity index (χ0n) is 47.2. The Labute approximate surface area is 503 Å². The SMILES string of the molecule is c1ccc(-c2c(N(c3ccc4cc5c(cc4c3)oc3cc4oc6cc7cc(N(c8ccc9ccccc9c8-c8ccccc8)c8cccc9c8oc8ccccc89)ccc7cc6c4cc35)c3cccc4c3oc3ccccc34)ccc3ccccc23)cc1. The van der Waals surface area contributed by atoms with Crippen LogP contribution < -0.4 is 9.80 Å². The fraction of sp³-hybridized carbons (Fsp3) is 0. The number of rotatable bonds is 8. The third-order valence-electron chi connectivity index (χ3n) is 18.1. The van der Waals surface area contributed by atoms with Crippen molar-refractivity contribution in [3.05, 3.63) is 291 Å². The first-order chi connectivity index (χ1) is 43.6. The van der Waals surface area contributed by atoms with Crippen molar-refractivity contribution in [3.8, 4) is 22.3 Å². The predicted octanol–water partition coefficient (Wildman–Crippen LogP) is 24.2. The lowest BCUT2D eigenvalue weighted by Gasteiger charge is -2.29. The Morgan fingerprint density at radius 1 is 0.193 bits per heavy atom. The largest absolute Gasteiger partial charge is 0.456 e. The lowest BCUT2D eigenvalue weighted by molar-refractivity contribution is 0.656. The van der Waals surface area contributed by atoms with Crippen LogP contribution in [0.5, 0.6) is 0 Å². The molecule has 6 heteroatoms. The molecule has 0 saturated carbocycles. The summed E-state index contributed by atoms with van der Waals surface area (Å²) in [5.41, 5.74) is 17.0. The van der Waals surface area contributed by atoms with Gasteiger partial charge in [0.2, 0.25) is 0 Å². The molecule has 19 rings (SSSR count). The van der Waals surface area contributed by atoms with Gasteiger partial charge in [0.1, 0.15) is 33.5 Å². The van der Waals surface area contributed by atoms with Crippen molar-refractivity contribution in [3.63, 3.8) is 0 Å². The highest BCUT2D eigenvalue weighted by Crippen LogP contribution is 2.51. The number of hydrogen-bond donors (Lipinski definition) is 0. The van der Waals surface area contributed by atoms with E-state index in [1.54, 1.807) is 0 Å². The molecule has 0 atom stereocenters. The van der Waals surface area contributed by atoms with E-state index in [0.29, 0.717) is 0 Å². The van der Waals surface area contributed by atoms with E-state index in [-0.39, 0.29) is 0 Å². The third-order valence-corrected chi connectivity index (χ3v) is 18.1. The molecular weight excluding hydrogens is 1080 g/mol. The molecule has 0 radical (unpaired) electrons. The van der Waals surface area contributed by atoms with Crippen LogP contribution in [0.2, 0.25) is 0 Å². The maximum absolute atomic E-state index is 6.87. The second kappa shape index (κ2) is 18.8. The number of nitrogens with zero attached hydrogens (tertiary/aromatic N) is 2. The number of hydrogen-bond acceptors (Lipinski definition) is 6. The monoisotopic (exact) mass is 1120 g/mol. The number of benzene rings is 15. The van der Waals surface area contributed by atoms with Crippen molar-refractivity contribution >= 4 is 165 Å². The van der Waals surface area contributed by atoms with E-state index >= 15 is 0 Å². The van der Waals surface area contributed by atoms with Crippen molar-refractivity contribution in [2.45, 2.75) is 0 Å². The van der Waals surface area contributed by atoms with Gasteiger partial charge in [-0.2, -0.15) is 0 Å². The Morgan fingerprint density at radius 2 is 0.580 bits per heavy atom. The van der Waals surface area contributed by atoms with Gasteiger partial charge in [-0.3, -0.25) is 0 Å². The summed E-state index contributed by atoms with van der Waals surface area (Å²) in [5.74, 6) is 0. The molecule has 0 aliphatic heterocycles. The summed E-state index contributed by atoms with van der Waals surface area (Å²) in [7, 11) is 0. The van der Waals surface area contributed by atoms with Gasteiger partial charge in [-0.25, -0.2) is 0 Å². The van der Waals surface area contributed by atoms with Crippen molar-refractivity contribution < 1.29 is 17.7 Å². The Bertz CT molecular complexity index is 5720. The van der Waals surface area contributed by atoms with Gasteiger partial charge in [0.25, 0.3) is 0 Å². The van der Waals surface area contributed by atoms with Crippen LogP contribution in [-0.4, -0.2) is 0 Å². The van der Waals surface area contributed by atoms with E-state index in [0.717, 1.165) is 166 Å². The number of furan rings is 4. The van der Waals surface area contributed by atoms with Crippen molar-refractivity contribution in [1.82, 2.24) is 0 Å². The van der Waals surface area contributed by atoms with Crippen molar-refractivity contribution in [1.29, 1.82) is 0 Å². The minimum Gasteiger partial charge on any atom is -0.456 e. The Kier molecular flexibility index (Phi) is 10.4. The smallest absolute Gasteiger partial charge is 0.159 e. The number of anilines is 6. The van der Waals surface area contributed by atoms with Gasteiger partial charge in [-0.1, -0.05) is 194 Å².